The summed E-state index contributed by atoms with van der Waals surface area (Å²) in [6, 6.07) is 66.6. The first-order chi connectivity index (χ1) is 25.7. The topological polar surface area (TPSA) is 38.7 Å². The van der Waals surface area contributed by atoms with Crippen molar-refractivity contribution < 1.29 is 0 Å². The lowest BCUT2D eigenvalue weighted by Gasteiger charge is -2.15. The van der Waals surface area contributed by atoms with Gasteiger partial charge in [0.2, 0.25) is 0 Å². The van der Waals surface area contributed by atoms with Crippen LogP contribution in [0.1, 0.15) is 0 Å². The lowest BCUT2D eigenvalue weighted by atomic mass is 9.89. The van der Waals surface area contributed by atoms with Gasteiger partial charge in [0.05, 0.1) is 0 Å². The van der Waals surface area contributed by atoms with Gasteiger partial charge in [-0.3, -0.25) is 0 Å². The van der Waals surface area contributed by atoms with Crippen LogP contribution < -0.4 is 0 Å². The standard InChI is InChI=1S/C49H31N3/c1-3-11-32(12-4-1)33-19-21-36(22-20-33)48-50-47(35-14-5-2-6-15-35)51-49(52-48)41-26-24-37-29-40(25-23-38(37)30-41)46-43-18-10-8-16-39(43)31-45-42-17-9-7-13-34(42)27-28-44(45)46/h1-31H. The zero-order chi connectivity index (χ0) is 34.4. The Morgan fingerprint density at radius 3 is 1.40 bits per heavy atom. The molecule has 0 saturated carbocycles. The van der Waals surface area contributed by atoms with E-state index in [1.54, 1.807) is 0 Å². The molecule has 0 spiro atoms. The molecule has 10 aromatic rings. The van der Waals surface area contributed by atoms with E-state index < -0.39 is 0 Å². The van der Waals surface area contributed by atoms with Crippen LogP contribution in [0.15, 0.2) is 188 Å². The lowest BCUT2D eigenvalue weighted by Crippen LogP contribution is -2.00. The third-order valence-electron chi connectivity index (χ3n) is 10.1. The zero-order valence-electron chi connectivity index (χ0n) is 28.2. The Morgan fingerprint density at radius 2 is 0.692 bits per heavy atom. The van der Waals surface area contributed by atoms with Crippen molar-refractivity contribution >= 4 is 43.1 Å². The largest absolute Gasteiger partial charge is 0.208 e. The molecule has 3 nitrogen and oxygen atoms in total. The molecule has 0 fully saturated rings. The van der Waals surface area contributed by atoms with Crippen LogP contribution in [0, 0.1) is 0 Å². The number of hydrogen-bond acceptors (Lipinski definition) is 3. The van der Waals surface area contributed by atoms with Gasteiger partial charge in [-0.1, -0.05) is 170 Å². The minimum atomic E-state index is 0.647. The summed E-state index contributed by atoms with van der Waals surface area (Å²) in [5.74, 6) is 1.95. The summed E-state index contributed by atoms with van der Waals surface area (Å²) in [4.78, 5) is 15.0. The number of aromatic nitrogens is 3. The molecule has 9 aromatic carbocycles. The first kappa shape index (κ1) is 29.9. The van der Waals surface area contributed by atoms with E-state index in [1.165, 1.54) is 49.0 Å². The molecule has 1 aromatic heterocycles. The quantitative estimate of drug-likeness (QED) is 0.136. The Morgan fingerprint density at radius 1 is 0.231 bits per heavy atom. The third-order valence-corrected chi connectivity index (χ3v) is 10.1. The van der Waals surface area contributed by atoms with Crippen LogP contribution in [0.25, 0.3) is 99.5 Å². The number of fused-ring (bicyclic) bond motifs is 5. The Balaban J connectivity index is 1.09. The van der Waals surface area contributed by atoms with Gasteiger partial charge in [0.25, 0.3) is 0 Å². The molecule has 0 aliphatic heterocycles. The average Bonchev–Trinajstić information content (AvgIpc) is 3.23. The van der Waals surface area contributed by atoms with Crippen molar-refractivity contribution in [3.05, 3.63) is 188 Å². The lowest BCUT2D eigenvalue weighted by molar-refractivity contribution is 1.07. The molecule has 0 bridgehead atoms. The van der Waals surface area contributed by atoms with Gasteiger partial charge in [-0.15, -0.1) is 0 Å². The van der Waals surface area contributed by atoms with Gasteiger partial charge in [-0.25, -0.2) is 15.0 Å². The summed E-state index contributed by atoms with van der Waals surface area (Å²) in [5.41, 5.74) is 7.64. The first-order valence-electron chi connectivity index (χ1n) is 17.6. The van der Waals surface area contributed by atoms with Crippen LogP contribution in [0.5, 0.6) is 0 Å². The normalized spacial score (nSPS) is 11.5. The summed E-state index contributed by atoms with van der Waals surface area (Å²) in [7, 11) is 0. The third kappa shape index (κ3) is 5.28. The van der Waals surface area contributed by atoms with E-state index in [0.717, 1.165) is 33.0 Å². The maximum Gasteiger partial charge on any atom is 0.164 e. The number of rotatable bonds is 5. The van der Waals surface area contributed by atoms with Crippen LogP contribution in [-0.2, 0) is 0 Å². The van der Waals surface area contributed by atoms with Gasteiger partial charge in [0.15, 0.2) is 17.5 Å². The maximum absolute atomic E-state index is 5.04. The Bertz CT molecular complexity index is 2930. The highest BCUT2D eigenvalue weighted by Gasteiger charge is 2.15. The van der Waals surface area contributed by atoms with E-state index in [2.05, 4.69) is 152 Å². The molecule has 52 heavy (non-hydrogen) atoms. The van der Waals surface area contributed by atoms with Crippen LogP contribution in [0.4, 0.5) is 0 Å². The predicted octanol–water partition coefficient (Wildman–Crippen LogP) is 12.8. The van der Waals surface area contributed by atoms with Crippen molar-refractivity contribution in [1.82, 2.24) is 15.0 Å². The molecular formula is C49H31N3. The highest BCUT2D eigenvalue weighted by Crippen LogP contribution is 2.40. The smallest absolute Gasteiger partial charge is 0.164 e. The van der Waals surface area contributed by atoms with Gasteiger partial charge in [-0.05, 0) is 83.5 Å². The number of nitrogens with zero attached hydrogens (tertiary/aromatic N) is 3. The van der Waals surface area contributed by atoms with Crippen LogP contribution >= 0.6 is 0 Å². The second kappa shape index (κ2) is 12.4. The molecule has 242 valence electrons. The molecule has 10 rings (SSSR count). The van der Waals surface area contributed by atoms with Crippen LogP contribution in [-0.4, -0.2) is 15.0 Å². The Kier molecular flexibility index (Phi) is 7.14. The molecule has 0 N–H and O–H groups in total. The number of benzene rings is 9. The van der Waals surface area contributed by atoms with Gasteiger partial charge in [-0.2, -0.15) is 0 Å². The molecule has 0 amide bonds. The molecule has 1 heterocycles. The summed E-state index contributed by atoms with van der Waals surface area (Å²) < 4.78 is 0. The SMILES string of the molecule is c1ccc(-c2ccc(-c3nc(-c4ccccc4)nc(-c4ccc5cc(-c6c7ccccc7cc7c6ccc6ccccc67)ccc5c4)n3)cc2)cc1. The highest BCUT2D eigenvalue weighted by molar-refractivity contribution is 6.20. The van der Waals surface area contributed by atoms with E-state index in [4.69, 9.17) is 15.0 Å². The van der Waals surface area contributed by atoms with Crippen molar-refractivity contribution in [3.8, 4) is 56.4 Å². The van der Waals surface area contributed by atoms with Crippen molar-refractivity contribution in [2.75, 3.05) is 0 Å². The summed E-state index contributed by atoms with van der Waals surface area (Å²) in [5, 5.41) is 9.85. The monoisotopic (exact) mass is 661 g/mol. The van der Waals surface area contributed by atoms with E-state index in [1.807, 2.05) is 36.4 Å². The molecule has 0 unspecified atom stereocenters. The van der Waals surface area contributed by atoms with Crippen molar-refractivity contribution in [2.45, 2.75) is 0 Å². The molecule has 0 aliphatic carbocycles. The molecule has 0 atom stereocenters. The van der Waals surface area contributed by atoms with E-state index in [9.17, 15) is 0 Å². The zero-order valence-corrected chi connectivity index (χ0v) is 28.2. The van der Waals surface area contributed by atoms with Crippen molar-refractivity contribution in [1.29, 1.82) is 0 Å². The molecule has 0 aliphatic rings. The van der Waals surface area contributed by atoms with E-state index >= 15 is 0 Å². The van der Waals surface area contributed by atoms with Gasteiger partial charge in [0, 0.05) is 16.7 Å². The minimum absolute atomic E-state index is 0.647. The fourth-order valence-corrected chi connectivity index (χ4v) is 7.46. The average molecular weight is 662 g/mol. The molecule has 0 radical (unpaired) electrons. The summed E-state index contributed by atoms with van der Waals surface area (Å²) in [6.45, 7) is 0. The van der Waals surface area contributed by atoms with E-state index in [0.29, 0.717) is 17.5 Å². The van der Waals surface area contributed by atoms with Gasteiger partial charge >= 0.3 is 0 Å². The van der Waals surface area contributed by atoms with Gasteiger partial charge in [0.1, 0.15) is 0 Å². The van der Waals surface area contributed by atoms with Crippen LogP contribution in [0.3, 0.4) is 0 Å². The van der Waals surface area contributed by atoms with E-state index in [-0.39, 0.29) is 0 Å². The first-order valence-corrected chi connectivity index (χ1v) is 17.6. The predicted molar refractivity (Wildman–Crippen MR) is 217 cm³/mol. The second-order valence-electron chi connectivity index (χ2n) is 13.2. The fourth-order valence-electron chi connectivity index (χ4n) is 7.46. The van der Waals surface area contributed by atoms with Crippen LogP contribution in [0.2, 0.25) is 0 Å². The van der Waals surface area contributed by atoms with Crippen molar-refractivity contribution in [3.63, 3.8) is 0 Å². The Labute approximate surface area is 301 Å². The fraction of sp³-hybridized carbons (Fsp3) is 0. The van der Waals surface area contributed by atoms with Crippen molar-refractivity contribution in [2.24, 2.45) is 0 Å². The Hall–Kier alpha value is -6.97. The van der Waals surface area contributed by atoms with Gasteiger partial charge < -0.3 is 0 Å². The maximum atomic E-state index is 5.04. The minimum Gasteiger partial charge on any atom is -0.208 e. The molecule has 0 saturated heterocycles. The number of hydrogen-bond donors (Lipinski definition) is 0. The molecule has 3 heteroatoms. The second-order valence-corrected chi connectivity index (χ2v) is 13.2. The highest BCUT2D eigenvalue weighted by atomic mass is 15.0. The molecular weight excluding hydrogens is 631 g/mol. The summed E-state index contributed by atoms with van der Waals surface area (Å²) >= 11 is 0. The summed E-state index contributed by atoms with van der Waals surface area (Å²) in [6.07, 6.45) is 0.